The molecule has 0 spiro atoms. The SMILES string of the molecule is [NaH].c1ccc(-c2ccccc2)cc1. The van der Waals surface area contributed by atoms with Crippen molar-refractivity contribution in [2.45, 2.75) is 0 Å². The Hall–Kier alpha value is -0.560. The van der Waals surface area contributed by atoms with Crippen molar-refractivity contribution in [3.63, 3.8) is 0 Å². The van der Waals surface area contributed by atoms with E-state index >= 15 is 0 Å². The van der Waals surface area contributed by atoms with E-state index in [1.54, 1.807) is 0 Å². The quantitative estimate of drug-likeness (QED) is 0.589. The normalized spacial score (nSPS) is 8.92. The van der Waals surface area contributed by atoms with Gasteiger partial charge in [0.1, 0.15) is 0 Å². The third-order valence-corrected chi connectivity index (χ3v) is 1.88. The first kappa shape index (κ1) is 10.5. The van der Waals surface area contributed by atoms with Crippen molar-refractivity contribution in [2.75, 3.05) is 0 Å². The van der Waals surface area contributed by atoms with E-state index in [4.69, 9.17) is 0 Å². The van der Waals surface area contributed by atoms with Gasteiger partial charge in [0, 0.05) is 0 Å². The third kappa shape index (κ3) is 2.70. The van der Waals surface area contributed by atoms with Gasteiger partial charge in [-0.15, -0.1) is 0 Å². The van der Waals surface area contributed by atoms with Crippen molar-refractivity contribution in [3.8, 4) is 11.1 Å². The number of hydrogen-bond donors (Lipinski definition) is 0. The molecule has 0 atom stereocenters. The molecule has 0 radical (unpaired) electrons. The first-order chi connectivity index (χ1) is 5.97. The van der Waals surface area contributed by atoms with Crippen molar-refractivity contribution in [3.05, 3.63) is 60.7 Å². The van der Waals surface area contributed by atoms with E-state index in [9.17, 15) is 0 Å². The third-order valence-electron chi connectivity index (χ3n) is 1.88. The standard InChI is InChI=1S/C12H10.Na.H/c1-3-7-11(8-4-1)12-9-5-2-6-10-12;;/h1-10H;;. The van der Waals surface area contributed by atoms with Crippen molar-refractivity contribution in [1.29, 1.82) is 0 Å². The molecule has 0 fully saturated rings. The molecule has 2 aromatic carbocycles. The van der Waals surface area contributed by atoms with Gasteiger partial charge in [-0.1, -0.05) is 60.7 Å². The molecule has 0 aliphatic heterocycles. The van der Waals surface area contributed by atoms with E-state index in [2.05, 4.69) is 48.5 Å². The summed E-state index contributed by atoms with van der Waals surface area (Å²) in [6.45, 7) is 0. The molecule has 0 saturated heterocycles. The fourth-order valence-corrected chi connectivity index (χ4v) is 1.26. The van der Waals surface area contributed by atoms with Gasteiger partial charge in [0.05, 0.1) is 0 Å². The number of benzene rings is 2. The van der Waals surface area contributed by atoms with Gasteiger partial charge in [-0.05, 0) is 11.1 Å². The second kappa shape index (κ2) is 5.23. The predicted octanol–water partition coefficient (Wildman–Crippen LogP) is 2.71. The fraction of sp³-hybridized carbons (Fsp3) is 0. The molecule has 2 aromatic rings. The van der Waals surface area contributed by atoms with Gasteiger partial charge in [0.2, 0.25) is 0 Å². The molecular weight excluding hydrogens is 167 g/mol. The second-order valence-corrected chi connectivity index (χ2v) is 2.73. The van der Waals surface area contributed by atoms with Gasteiger partial charge in [-0.3, -0.25) is 0 Å². The maximum absolute atomic E-state index is 2.12. The number of hydrogen-bond acceptors (Lipinski definition) is 0. The summed E-state index contributed by atoms with van der Waals surface area (Å²) < 4.78 is 0. The van der Waals surface area contributed by atoms with E-state index in [0.717, 1.165) is 0 Å². The molecule has 60 valence electrons. The van der Waals surface area contributed by atoms with Crippen LogP contribution in [0, 0.1) is 0 Å². The fourth-order valence-electron chi connectivity index (χ4n) is 1.26. The van der Waals surface area contributed by atoms with E-state index < -0.39 is 0 Å². The Morgan fingerprint density at radius 2 is 0.769 bits per heavy atom. The molecule has 0 unspecified atom stereocenters. The minimum absolute atomic E-state index is 0. The van der Waals surface area contributed by atoms with E-state index in [-0.39, 0.29) is 29.6 Å². The summed E-state index contributed by atoms with van der Waals surface area (Å²) in [5.41, 5.74) is 2.55. The van der Waals surface area contributed by atoms with Gasteiger partial charge in [0.25, 0.3) is 0 Å². The Bertz CT molecular complexity index is 303. The molecule has 0 aliphatic rings. The van der Waals surface area contributed by atoms with Crippen LogP contribution >= 0.6 is 0 Å². The van der Waals surface area contributed by atoms with Crippen LogP contribution < -0.4 is 0 Å². The van der Waals surface area contributed by atoms with Crippen molar-refractivity contribution >= 4 is 29.6 Å². The smallest absolute Gasteiger partial charge is 0.0184 e. The van der Waals surface area contributed by atoms with E-state index in [1.807, 2.05) is 12.1 Å². The molecule has 0 heterocycles. The van der Waals surface area contributed by atoms with Crippen LogP contribution in [0.1, 0.15) is 0 Å². The topological polar surface area (TPSA) is 0 Å². The summed E-state index contributed by atoms with van der Waals surface area (Å²) in [5.74, 6) is 0. The zero-order valence-electron chi connectivity index (χ0n) is 6.77. The average molecular weight is 178 g/mol. The summed E-state index contributed by atoms with van der Waals surface area (Å²) in [6.07, 6.45) is 0. The van der Waals surface area contributed by atoms with Crippen LogP contribution in [0.25, 0.3) is 11.1 Å². The largest absolute Gasteiger partial charge is 0.0622 e. The summed E-state index contributed by atoms with van der Waals surface area (Å²) in [4.78, 5) is 0. The Labute approximate surface area is 101 Å². The molecule has 1 heteroatoms. The van der Waals surface area contributed by atoms with Crippen molar-refractivity contribution < 1.29 is 0 Å². The molecule has 2 rings (SSSR count). The molecule has 0 nitrogen and oxygen atoms in total. The molecule has 0 amide bonds. The van der Waals surface area contributed by atoms with Crippen LogP contribution in [0.5, 0.6) is 0 Å². The summed E-state index contributed by atoms with van der Waals surface area (Å²) in [6, 6.07) is 20.8. The van der Waals surface area contributed by atoms with E-state index in [1.165, 1.54) is 11.1 Å². The maximum Gasteiger partial charge on any atom is -0.0184 e. The molecule has 0 N–H and O–H groups in total. The van der Waals surface area contributed by atoms with Crippen molar-refractivity contribution in [1.82, 2.24) is 0 Å². The van der Waals surface area contributed by atoms with E-state index in [0.29, 0.717) is 0 Å². The molecule has 0 saturated carbocycles. The minimum Gasteiger partial charge on any atom is -0.0622 e. The molecule has 0 aliphatic carbocycles. The van der Waals surface area contributed by atoms with Gasteiger partial charge in [0.15, 0.2) is 0 Å². The van der Waals surface area contributed by atoms with Gasteiger partial charge < -0.3 is 0 Å². The minimum atomic E-state index is 0. The maximum atomic E-state index is 2.12. The van der Waals surface area contributed by atoms with Crippen LogP contribution in [-0.2, 0) is 0 Å². The van der Waals surface area contributed by atoms with Gasteiger partial charge >= 0.3 is 29.6 Å². The van der Waals surface area contributed by atoms with Crippen LogP contribution in [-0.4, -0.2) is 29.6 Å². The first-order valence-electron chi connectivity index (χ1n) is 4.07. The average Bonchev–Trinajstić information content (AvgIpc) is 2.21. The summed E-state index contributed by atoms with van der Waals surface area (Å²) >= 11 is 0. The summed E-state index contributed by atoms with van der Waals surface area (Å²) in [7, 11) is 0. The van der Waals surface area contributed by atoms with Crippen LogP contribution in [0.2, 0.25) is 0 Å². The Kier molecular flexibility index (Phi) is 4.23. The van der Waals surface area contributed by atoms with Gasteiger partial charge in [-0.25, -0.2) is 0 Å². The monoisotopic (exact) mass is 178 g/mol. The first-order valence-corrected chi connectivity index (χ1v) is 4.07. The Balaban J connectivity index is 0.000000845. The number of rotatable bonds is 1. The molecule has 0 bridgehead atoms. The van der Waals surface area contributed by atoms with Crippen LogP contribution in [0.4, 0.5) is 0 Å². The van der Waals surface area contributed by atoms with Crippen LogP contribution in [0.15, 0.2) is 60.7 Å². The van der Waals surface area contributed by atoms with Gasteiger partial charge in [-0.2, -0.15) is 0 Å². The van der Waals surface area contributed by atoms with Crippen molar-refractivity contribution in [2.24, 2.45) is 0 Å². The Morgan fingerprint density at radius 3 is 1.08 bits per heavy atom. The zero-order valence-corrected chi connectivity index (χ0v) is 6.77. The molecular formula is C12H11Na. The predicted molar refractivity (Wildman–Crippen MR) is 59.0 cm³/mol. The summed E-state index contributed by atoms with van der Waals surface area (Å²) in [5, 5.41) is 0. The Morgan fingerprint density at radius 1 is 0.462 bits per heavy atom. The molecule has 13 heavy (non-hydrogen) atoms. The zero-order chi connectivity index (χ0) is 8.23. The second-order valence-electron chi connectivity index (χ2n) is 2.73. The molecule has 0 aromatic heterocycles. The van der Waals surface area contributed by atoms with Crippen LogP contribution in [0.3, 0.4) is 0 Å².